The molecule has 0 bridgehead atoms. The molecule has 7 nitrogen and oxygen atoms in total. The van der Waals surface area contributed by atoms with E-state index < -0.39 is 9.84 Å². The van der Waals surface area contributed by atoms with Gasteiger partial charge in [0.05, 0.1) is 5.25 Å². The Kier molecular flexibility index (Phi) is 3.62. The maximum absolute atomic E-state index is 12.4. The molecular formula is C12H17N5O2S2. The number of aromatic nitrogens is 3. The van der Waals surface area contributed by atoms with Crippen LogP contribution in [0.5, 0.6) is 0 Å². The number of nitrogens with one attached hydrogen (secondary N) is 1. The first kappa shape index (κ1) is 14.3. The van der Waals surface area contributed by atoms with Crippen molar-refractivity contribution in [2.45, 2.75) is 29.4 Å². The van der Waals surface area contributed by atoms with E-state index in [2.05, 4.69) is 14.7 Å². The highest BCUT2D eigenvalue weighted by Crippen LogP contribution is 2.40. The quantitative estimate of drug-likeness (QED) is 0.822. The predicted molar refractivity (Wildman–Crippen MR) is 82.1 cm³/mol. The van der Waals surface area contributed by atoms with Crippen molar-refractivity contribution < 1.29 is 8.42 Å². The van der Waals surface area contributed by atoms with Crippen LogP contribution in [0.25, 0.3) is 0 Å². The van der Waals surface area contributed by atoms with Crippen molar-refractivity contribution in [3.8, 4) is 0 Å². The molecule has 114 valence electrons. The molecule has 2 aromatic heterocycles. The molecular weight excluding hydrogens is 310 g/mol. The summed E-state index contributed by atoms with van der Waals surface area (Å²) in [7, 11) is -1.41. The number of imidazole rings is 1. The number of rotatable bonds is 6. The fraction of sp³-hybridized carbons (Fsp3) is 0.500. The Morgan fingerprint density at radius 1 is 1.52 bits per heavy atom. The van der Waals surface area contributed by atoms with Gasteiger partial charge in [0.25, 0.3) is 0 Å². The summed E-state index contributed by atoms with van der Waals surface area (Å²) in [6.07, 6.45) is 5.74. The predicted octanol–water partition coefficient (Wildman–Crippen LogP) is 1.05. The molecule has 0 amide bonds. The number of anilines is 2. The Morgan fingerprint density at radius 3 is 2.90 bits per heavy atom. The number of nitrogens with zero attached hydrogens (tertiary/aromatic N) is 3. The molecule has 0 radical (unpaired) electrons. The second-order valence-corrected chi connectivity index (χ2v) is 8.04. The minimum absolute atomic E-state index is 0.103. The van der Waals surface area contributed by atoms with Crippen LogP contribution in [-0.4, -0.2) is 34.1 Å². The third kappa shape index (κ3) is 2.75. The molecule has 9 heteroatoms. The van der Waals surface area contributed by atoms with E-state index in [0.717, 1.165) is 17.4 Å². The van der Waals surface area contributed by atoms with Crippen molar-refractivity contribution in [3.63, 3.8) is 0 Å². The molecule has 1 aliphatic carbocycles. The minimum atomic E-state index is -3.34. The third-order valence-electron chi connectivity index (χ3n) is 3.48. The van der Waals surface area contributed by atoms with Crippen molar-refractivity contribution in [1.82, 2.24) is 13.9 Å². The Hall–Kier alpha value is -1.61. The van der Waals surface area contributed by atoms with E-state index in [-0.39, 0.29) is 16.0 Å². The zero-order valence-corrected chi connectivity index (χ0v) is 13.2. The van der Waals surface area contributed by atoms with Crippen molar-refractivity contribution in [2.24, 2.45) is 7.05 Å². The van der Waals surface area contributed by atoms with E-state index in [1.807, 2.05) is 17.8 Å². The first-order chi connectivity index (χ1) is 10.00. The van der Waals surface area contributed by atoms with Crippen LogP contribution in [-0.2, 0) is 23.3 Å². The van der Waals surface area contributed by atoms with Crippen LogP contribution in [0.1, 0.15) is 18.7 Å². The van der Waals surface area contributed by atoms with Gasteiger partial charge in [-0.1, -0.05) is 0 Å². The average Bonchev–Trinajstić information content (AvgIpc) is 3.13. The van der Waals surface area contributed by atoms with Gasteiger partial charge in [-0.3, -0.25) is 0 Å². The lowest BCUT2D eigenvalue weighted by Gasteiger charge is -2.07. The average molecular weight is 327 g/mol. The molecule has 0 unspecified atom stereocenters. The zero-order chi connectivity index (χ0) is 15.0. The lowest BCUT2D eigenvalue weighted by atomic mass is 10.4. The number of aryl methyl sites for hydroxylation is 1. The van der Waals surface area contributed by atoms with Crippen molar-refractivity contribution >= 4 is 32.2 Å². The molecule has 2 heterocycles. The summed E-state index contributed by atoms with van der Waals surface area (Å²) >= 11 is 1.10. The van der Waals surface area contributed by atoms with Crippen LogP contribution >= 0.6 is 11.5 Å². The third-order valence-corrected chi connectivity index (χ3v) is 6.76. The number of nitrogen functional groups attached to an aromatic ring is 1. The standard InChI is InChI=1S/C12H17N5O2S2/c1-17-7-6-14-9(17)4-5-15-12-10(11(13)16-20-12)21(18,19)8-2-3-8/h6-8,15H,2-5H2,1H3,(H2,13,16). The molecule has 2 aromatic rings. The fourth-order valence-corrected chi connectivity index (χ4v) is 5.06. The monoisotopic (exact) mass is 327 g/mol. The second-order valence-electron chi connectivity index (χ2n) is 5.10. The highest BCUT2D eigenvalue weighted by Gasteiger charge is 2.40. The van der Waals surface area contributed by atoms with Crippen LogP contribution in [0.15, 0.2) is 17.3 Å². The van der Waals surface area contributed by atoms with E-state index in [1.165, 1.54) is 0 Å². The van der Waals surface area contributed by atoms with Gasteiger partial charge in [0.1, 0.15) is 15.7 Å². The fourth-order valence-electron chi connectivity index (χ4n) is 2.15. The number of hydrogen-bond acceptors (Lipinski definition) is 7. The van der Waals surface area contributed by atoms with Crippen LogP contribution < -0.4 is 11.1 Å². The summed E-state index contributed by atoms with van der Waals surface area (Å²) in [6, 6.07) is 0. The molecule has 0 aromatic carbocycles. The van der Waals surface area contributed by atoms with Gasteiger partial charge in [0.15, 0.2) is 15.7 Å². The Balaban J connectivity index is 1.73. The Bertz CT molecular complexity index is 746. The first-order valence-corrected chi connectivity index (χ1v) is 9.01. The number of sulfone groups is 1. The van der Waals surface area contributed by atoms with Gasteiger partial charge in [-0.05, 0) is 24.4 Å². The maximum atomic E-state index is 12.4. The van der Waals surface area contributed by atoms with E-state index in [9.17, 15) is 8.42 Å². The molecule has 1 fully saturated rings. The van der Waals surface area contributed by atoms with E-state index in [4.69, 9.17) is 5.73 Å². The molecule has 0 atom stereocenters. The lowest BCUT2D eigenvalue weighted by molar-refractivity contribution is 0.595. The van der Waals surface area contributed by atoms with Crippen LogP contribution in [0.3, 0.4) is 0 Å². The molecule has 3 N–H and O–H groups in total. The van der Waals surface area contributed by atoms with Crippen LogP contribution in [0.2, 0.25) is 0 Å². The zero-order valence-electron chi connectivity index (χ0n) is 11.6. The van der Waals surface area contributed by atoms with Gasteiger partial charge in [0.2, 0.25) is 0 Å². The summed E-state index contributed by atoms with van der Waals surface area (Å²) in [5.74, 6) is 1.04. The molecule has 0 spiro atoms. The molecule has 21 heavy (non-hydrogen) atoms. The molecule has 3 rings (SSSR count). The van der Waals surface area contributed by atoms with Crippen molar-refractivity contribution in [3.05, 3.63) is 18.2 Å². The Labute approximate surface area is 127 Å². The van der Waals surface area contributed by atoms with Crippen LogP contribution in [0.4, 0.5) is 10.8 Å². The SMILES string of the molecule is Cn1ccnc1CCNc1snc(N)c1S(=O)(=O)C1CC1. The largest absolute Gasteiger partial charge is 0.382 e. The van der Waals surface area contributed by atoms with E-state index >= 15 is 0 Å². The van der Waals surface area contributed by atoms with Crippen molar-refractivity contribution in [2.75, 3.05) is 17.6 Å². The number of hydrogen-bond donors (Lipinski definition) is 2. The Morgan fingerprint density at radius 2 is 2.29 bits per heavy atom. The smallest absolute Gasteiger partial charge is 0.187 e. The molecule has 0 aliphatic heterocycles. The van der Waals surface area contributed by atoms with Gasteiger partial charge >= 0.3 is 0 Å². The molecule has 1 aliphatic rings. The minimum Gasteiger partial charge on any atom is -0.382 e. The van der Waals surface area contributed by atoms with E-state index in [0.29, 0.717) is 30.8 Å². The molecule has 0 saturated heterocycles. The topological polar surface area (TPSA) is 103 Å². The van der Waals surface area contributed by atoms with Gasteiger partial charge in [-0.25, -0.2) is 13.4 Å². The highest BCUT2D eigenvalue weighted by molar-refractivity contribution is 7.92. The summed E-state index contributed by atoms with van der Waals surface area (Å²) in [4.78, 5) is 4.41. The van der Waals surface area contributed by atoms with Gasteiger partial charge in [-0.2, -0.15) is 4.37 Å². The second kappa shape index (κ2) is 5.30. The maximum Gasteiger partial charge on any atom is 0.187 e. The van der Waals surface area contributed by atoms with Crippen LogP contribution in [0, 0.1) is 0 Å². The summed E-state index contributed by atoms with van der Waals surface area (Å²) in [5.41, 5.74) is 5.75. The summed E-state index contributed by atoms with van der Waals surface area (Å²) in [5, 5.41) is 3.38. The first-order valence-electron chi connectivity index (χ1n) is 6.69. The van der Waals surface area contributed by atoms with Gasteiger partial charge in [-0.15, -0.1) is 0 Å². The van der Waals surface area contributed by atoms with Gasteiger partial charge in [0, 0.05) is 32.4 Å². The van der Waals surface area contributed by atoms with Crippen molar-refractivity contribution in [1.29, 1.82) is 0 Å². The summed E-state index contributed by atoms with van der Waals surface area (Å²) in [6.45, 7) is 0.583. The highest BCUT2D eigenvalue weighted by atomic mass is 32.2. The summed E-state index contributed by atoms with van der Waals surface area (Å²) < 4.78 is 30.7. The lowest BCUT2D eigenvalue weighted by Crippen LogP contribution is -2.13. The molecule has 1 saturated carbocycles. The van der Waals surface area contributed by atoms with Gasteiger partial charge < -0.3 is 15.6 Å². The normalized spacial score (nSPS) is 15.3. The number of nitrogens with two attached hydrogens (primary N) is 1. The van der Waals surface area contributed by atoms with E-state index in [1.54, 1.807) is 6.20 Å².